The molecule has 0 saturated carbocycles. The first-order chi connectivity index (χ1) is 13.4. The van der Waals surface area contributed by atoms with Crippen LogP contribution in [0.4, 0.5) is 0 Å². The summed E-state index contributed by atoms with van der Waals surface area (Å²) in [7, 11) is -3.53. The fourth-order valence-corrected chi connectivity index (χ4v) is 5.24. The minimum atomic E-state index is -3.53. The molecule has 1 aliphatic rings. The molecule has 0 N–H and O–H groups in total. The highest BCUT2D eigenvalue weighted by atomic mass is 32.2. The summed E-state index contributed by atoms with van der Waals surface area (Å²) in [5.41, 5.74) is 2.48. The maximum atomic E-state index is 12.9. The number of pyridine rings is 1. The van der Waals surface area contributed by atoms with Gasteiger partial charge in [-0.15, -0.1) is 0 Å². The summed E-state index contributed by atoms with van der Waals surface area (Å²) in [5.74, 6) is -0.314. The summed E-state index contributed by atoms with van der Waals surface area (Å²) < 4.78 is 25.7. The Morgan fingerprint density at radius 2 is 1.68 bits per heavy atom. The first kappa shape index (κ1) is 20.5. The first-order valence-electron chi connectivity index (χ1n) is 9.92. The summed E-state index contributed by atoms with van der Waals surface area (Å²) in [4.78, 5) is 19.4. The largest absolute Gasteiger partial charge is 0.337 e. The summed E-state index contributed by atoms with van der Waals surface area (Å²) >= 11 is 0. The van der Waals surface area contributed by atoms with Crippen LogP contribution in [0, 0.1) is 13.8 Å². The molecule has 1 aromatic heterocycles. The number of carbonyl (C=O) groups excluding carboxylic acids is 1. The Balaban J connectivity index is 1.79. The lowest BCUT2D eigenvalue weighted by Gasteiger charge is -2.24. The van der Waals surface area contributed by atoms with Gasteiger partial charge in [-0.1, -0.05) is 43.0 Å². The fourth-order valence-electron chi connectivity index (χ4n) is 3.71. The van der Waals surface area contributed by atoms with Gasteiger partial charge in [0.1, 0.15) is 5.69 Å². The normalized spacial score (nSPS) is 15.7. The van der Waals surface area contributed by atoms with Gasteiger partial charge in [-0.2, -0.15) is 0 Å². The second kappa shape index (κ2) is 8.86. The Morgan fingerprint density at radius 1 is 1.00 bits per heavy atom. The van der Waals surface area contributed by atoms with Gasteiger partial charge in [-0.05, 0) is 50.5 Å². The van der Waals surface area contributed by atoms with E-state index in [9.17, 15) is 13.2 Å². The van der Waals surface area contributed by atoms with Gasteiger partial charge in [0.15, 0.2) is 9.84 Å². The Labute approximate surface area is 167 Å². The Morgan fingerprint density at radius 3 is 2.36 bits per heavy atom. The van der Waals surface area contributed by atoms with E-state index in [1.54, 1.807) is 37.3 Å². The van der Waals surface area contributed by atoms with E-state index in [2.05, 4.69) is 4.98 Å². The Hall–Kier alpha value is -2.21. The molecule has 28 heavy (non-hydrogen) atoms. The maximum absolute atomic E-state index is 12.9. The van der Waals surface area contributed by atoms with Crippen molar-refractivity contribution in [2.75, 3.05) is 13.1 Å². The minimum Gasteiger partial charge on any atom is -0.337 e. The molecule has 1 aliphatic heterocycles. The SMILES string of the molecule is Cc1ccc(S(=O)(=O)Cc2cccc(C(=O)N3CCCCCCC3)n2)c(C)c1. The van der Waals surface area contributed by atoms with Crippen LogP contribution < -0.4 is 0 Å². The van der Waals surface area contributed by atoms with E-state index >= 15 is 0 Å². The molecule has 6 heteroatoms. The van der Waals surface area contributed by atoms with Crippen LogP contribution in [0.15, 0.2) is 41.3 Å². The Kier molecular flexibility index (Phi) is 6.50. The number of sulfone groups is 1. The van der Waals surface area contributed by atoms with Gasteiger partial charge >= 0.3 is 0 Å². The summed E-state index contributed by atoms with van der Waals surface area (Å²) in [6.45, 7) is 5.22. The molecule has 2 heterocycles. The molecule has 0 atom stereocenters. The molecular formula is C22H28N2O3S. The van der Waals surface area contributed by atoms with Crippen LogP contribution in [0.25, 0.3) is 0 Å². The number of aryl methyl sites for hydroxylation is 2. The molecule has 150 valence electrons. The maximum Gasteiger partial charge on any atom is 0.272 e. The van der Waals surface area contributed by atoms with E-state index in [1.165, 1.54) is 6.42 Å². The topological polar surface area (TPSA) is 67.3 Å². The van der Waals surface area contributed by atoms with Gasteiger partial charge in [0.25, 0.3) is 5.91 Å². The number of aromatic nitrogens is 1. The summed E-state index contributed by atoms with van der Waals surface area (Å²) in [6, 6.07) is 10.4. The Bertz CT molecular complexity index is 946. The van der Waals surface area contributed by atoms with Crippen molar-refractivity contribution >= 4 is 15.7 Å². The second-order valence-electron chi connectivity index (χ2n) is 7.60. The van der Waals surface area contributed by atoms with E-state index in [1.807, 2.05) is 17.9 Å². The number of carbonyl (C=O) groups is 1. The number of hydrogen-bond donors (Lipinski definition) is 0. The zero-order valence-corrected chi connectivity index (χ0v) is 17.5. The number of rotatable bonds is 4. The smallest absolute Gasteiger partial charge is 0.272 e. The quantitative estimate of drug-likeness (QED) is 0.776. The second-order valence-corrected chi connectivity index (χ2v) is 9.56. The van der Waals surface area contributed by atoms with E-state index in [0.717, 1.165) is 49.9 Å². The zero-order chi connectivity index (χ0) is 20.1. The predicted octanol–water partition coefficient (Wildman–Crippen LogP) is 4.08. The molecule has 0 spiro atoms. The molecule has 1 saturated heterocycles. The minimum absolute atomic E-state index is 0.104. The van der Waals surface area contributed by atoms with Crippen LogP contribution in [0.5, 0.6) is 0 Å². The van der Waals surface area contributed by atoms with E-state index in [4.69, 9.17) is 0 Å². The molecule has 1 amide bonds. The molecule has 0 radical (unpaired) electrons. The molecule has 0 aliphatic carbocycles. The van der Waals surface area contributed by atoms with E-state index < -0.39 is 9.84 Å². The number of nitrogens with zero attached hydrogens (tertiary/aromatic N) is 2. The van der Waals surface area contributed by atoms with Crippen molar-refractivity contribution < 1.29 is 13.2 Å². The lowest BCUT2D eigenvalue weighted by atomic mass is 10.1. The summed E-state index contributed by atoms with van der Waals surface area (Å²) in [6.07, 6.45) is 5.53. The van der Waals surface area contributed by atoms with Gasteiger partial charge in [0.2, 0.25) is 0 Å². The molecular weight excluding hydrogens is 372 g/mol. The van der Waals surface area contributed by atoms with Gasteiger partial charge in [-0.3, -0.25) is 4.79 Å². The van der Waals surface area contributed by atoms with Crippen molar-refractivity contribution in [2.24, 2.45) is 0 Å². The number of likely N-dealkylation sites (tertiary alicyclic amines) is 1. The molecule has 0 bridgehead atoms. The monoisotopic (exact) mass is 400 g/mol. The highest BCUT2D eigenvalue weighted by Crippen LogP contribution is 2.21. The van der Waals surface area contributed by atoms with Crippen LogP contribution in [0.1, 0.15) is 59.4 Å². The fraction of sp³-hybridized carbons (Fsp3) is 0.455. The average molecular weight is 401 g/mol. The molecule has 1 aromatic carbocycles. The molecule has 0 unspecified atom stereocenters. The number of amides is 1. The highest BCUT2D eigenvalue weighted by molar-refractivity contribution is 7.90. The van der Waals surface area contributed by atoms with Crippen molar-refractivity contribution in [3.8, 4) is 0 Å². The van der Waals surface area contributed by atoms with Crippen molar-refractivity contribution in [1.82, 2.24) is 9.88 Å². The third-order valence-electron chi connectivity index (χ3n) is 5.17. The van der Waals surface area contributed by atoms with E-state index in [0.29, 0.717) is 16.3 Å². The van der Waals surface area contributed by atoms with Gasteiger partial charge < -0.3 is 4.90 Å². The van der Waals surface area contributed by atoms with Crippen LogP contribution in [-0.2, 0) is 15.6 Å². The van der Waals surface area contributed by atoms with Crippen LogP contribution in [0.3, 0.4) is 0 Å². The third-order valence-corrected chi connectivity index (χ3v) is 6.98. The van der Waals surface area contributed by atoms with Crippen LogP contribution >= 0.6 is 0 Å². The third kappa shape index (κ3) is 4.98. The number of hydrogen-bond acceptors (Lipinski definition) is 4. The lowest BCUT2D eigenvalue weighted by Crippen LogP contribution is -2.34. The predicted molar refractivity (Wildman–Crippen MR) is 110 cm³/mol. The standard InChI is InChI=1S/C22H28N2O3S/c1-17-11-12-21(18(2)15-17)28(26,27)16-19-9-8-10-20(23-19)22(25)24-13-6-4-3-5-7-14-24/h8-12,15H,3-7,13-14,16H2,1-2H3. The molecule has 2 aromatic rings. The van der Waals surface area contributed by atoms with Gasteiger partial charge in [0.05, 0.1) is 16.3 Å². The van der Waals surface area contributed by atoms with Crippen LogP contribution in [-0.4, -0.2) is 37.3 Å². The number of benzene rings is 1. The van der Waals surface area contributed by atoms with E-state index in [-0.39, 0.29) is 11.7 Å². The van der Waals surface area contributed by atoms with Gasteiger partial charge in [-0.25, -0.2) is 13.4 Å². The lowest BCUT2D eigenvalue weighted by molar-refractivity contribution is 0.0736. The average Bonchev–Trinajstić information content (AvgIpc) is 2.60. The van der Waals surface area contributed by atoms with Gasteiger partial charge in [0, 0.05) is 13.1 Å². The van der Waals surface area contributed by atoms with Crippen LogP contribution in [0.2, 0.25) is 0 Å². The van der Waals surface area contributed by atoms with Crippen molar-refractivity contribution in [1.29, 1.82) is 0 Å². The zero-order valence-electron chi connectivity index (χ0n) is 16.6. The summed E-state index contributed by atoms with van der Waals surface area (Å²) in [5, 5.41) is 0. The van der Waals surface area contributed by atoms with Crippen molar-refractivity contribution in [3.63, 3.8) is 0 Å². The highest BCUT2D eigenvalue weighted by Gasteiger charge is 2.21. The molecule has 5 nitrogen and oxygen atoms in total. The van der Waals surface area contributed by atoms with Crippen molar-refractivity contribution in [2.45, 2.75) is 56.6 Å². The molecule has 3 rings (SSSR count). The molecule has 1 fully saturated rings. The van der Waals surface area contributed by atoms with Crippen molar-refractivity contribution in [3.05, 3.63) is 58.9 Å². The first-order valence-corrected chi connectivity index (χ1v) is 11.6.